The molecule has 2 amide bonds. The van der Waals surface area contributed by atoms with E-state index in [2.05, 4.69) is 32.4 Å². The number of hydrogen-bond donors (Lipinski definition) is 3. The number of morpholine rings is 1. The first-order valence-corrected chi connectivity index (χ1v) is 12.1. The topological polar surface area (TPSA) is 105 Å². The number of amides is 2. The van der Waals surface area contributed by atoms with Gasteiger partial charge in [0, 0.05) is 40.6 Å². The Morgan fingerprint density at radius 1 is 1.03 bits per heavy atom. The van der Waals surface area contributed by atoms with Crippen molar-refractivity contribution in [3.8, 4) is 11.1 Å². The lowest BCUT2D eigenvalue weighted by molar-refractivity contribution is 0.122. The summed E-state index contributed by atoms with van der Waals surface area (Å²) in [6, 6.07) is 15.3. The molecule has 0 saturated carbocycles. The lowest BCUT2D eigenvalue weighted by Crippen LogP contribution is -2.36. The van der Waals surface area contributed by atoms with E-state index in [0.717, 1.165) is 65.4 Å². The van der Waals surface area contributed by atoms with Crippen LogP contribution in [-0.2, 0) is 11.2 Å². The summed E-state index contributed by atoms with van der Waals surface area (Å²) in [5.74, 6) is 0.483. The monoisotopic (exact) mass is 474 g/mol. The van der Waals surface area contributed by atoms with Gasteiger partial charge in [0.15, 0.2) is 0 Å². The molecule has 4 N–H and O–H groups in total. The maximum atomic E-state index is 12.5. The highest BCUT2D eigenvalue weighted by atomic mass is 32.1. The number of urea groups is 1. The number of thiophene rings is 1. The average molecular weight is 475 g/mol. The third-order valence-electron chi connectivity index (χ3n) is 5.84. The van der Waals surface area contributed by atoms with E-state index in [4.69, 9.17) is 10.5 Å². The van der Waals surface area contributed by atoms with Gasteiger partial charge in [0.05, 0.1) is 18.6 Å². The second-order valence-corrected chi connectivity index (χ2v) is 9.08. The summed E-state index contributed by atoms with van der Waals surface area (Å²) in [4.78, 5) is 25.4. The van der Waals surface area contributed by atoms with E-state index in [-0.39, 0.29) is 6.03 Å². The van der Waals surface area contributed by atoms with Crippen LogP contribution in [-0.4, -0.2) is 42.3 Å². The zero-order valence-corrected chi connectivity index (χ0v) is 19.7. The molecule has 1 aliphatic rings. The molecule has 5 rings (SSSR count). The Morgan fingerprint density at radius 2 is 1.68 bits per heavy atom. The van der Waals surface area contributed by atoms with Gasteiger partial charge in [-0.15, -0.1) is 11.3 Å². The first-order valence-electron chi connectivity index (χ1n) is 11.3. The molecule has 0 unspecified atom stereocenters. The summed E-state index contributed by atoms with van der Waals surface area (Å²) in [7, 11) is 0. The third kappa shape index (κ3) is 4.52. The Morgan fingerprint density at radius 3 is 2.32 bits per heavy atom. The Balaban J connectivity index is 1.27. The summed E-state index contributed by atoms with van der Waals surface area (Å²) in [5, 5.41) is 6.67. The summed E-state index contributed by atoms with van der Waals surface area (Å²) >= 11 is 1.64. The van der Waals surface area contributed by atoms with E-state index in [0.29, 0.717) is 11.5 Å². The van der Waals surface area contributed by atoms with Crippen LogP contribution >= 0.6 is 11.3 Å². The number of aryl methyl sites for hydroxylation is 1. The number of nitrogens with zero attached hydrogens (tertiary/aromatic N) is 3. The minimum Gasteiger partial charge on any atom is -0.383 e. The number of ether oxygens (including phenoxy) is 1. The molecular weight excluding hydrogens is 448 g/mol. The number of nitrogen functional groups attached to an aromatic ring is 1. The van der Waals surface area contributed by atoms with Crippen LogP contribution in [0.1, 0.15) is 11.8 Å². The molecule has 2 aromatic heterocycles. The summed E-state index contributed by atoms with van der Waals surface area (Å²) in [6.07, 6.45) is 2.38. The van der Waals surface area contributed by atoms with Gasteiger partial charge in [-0.05, 0) is 48.4 Å². The lowest BCUT2D eigenvalue weighted by atomic mass is 10.0. The van der Waals surface area contributed by atoms with Crippen LogP contribution < -0.4 is 21.3 Å². The molecular formula is C25H26N6O2S. The molecule has 3 heterocycles. The third-order valence-corrected chi connectivity index (χ3v) is 7.09. The van der Waals surface area contributed by atoms with Crippen LogP contribution in [0.5, 0.6) is 0 Å². The standard InChI is InChI=1S/C25H26N6O2S/c1-2-20-21(22-23(26)27-15-28-24(22)34-20)16-3-5-17(6-4-16)29-25(32)30-18-7-9-19(10-8-18)31-11-13-33-14-12-31/h3-10,15H,2,11-14H2,1H3,(H2,26,27,28)(H2,29,30,32). The van der Waals surface area contributed by atoms with Gasteiger partial charge in [-0.2, -0.15) is 0 Å². The van der Waals surface area contributed by atoms with Gasteiger partial charge in [-0.3, -0.25) is 0 Å². The van der Waals surface area contributed by atoms with Gasteiger partial charge in [0.1, 0.15) is 17.0 Å². The highest BCUT2D eigenvalue weighted by Gasteiger charge is 2.17. The first kappa shape index (κ1) is 22.1. The molecule has 8 nitrogen and oxygen atoms in total. The van der Waals surface area contributed by atoms with E-state index < -0.39 is 0 Å². The number of carbonyl (C=O) groups excluding carboxylic acids is 1. The van der Waals surface area contributed by atoms with Gasteiger partial charge < -0.3 is 26.0 Å². The number of nitrogens with two attached hydrogens (primary N) is 1. The maximum absolute atomic E-state index is 12.5. The van der Waals surface area contributed by atoms with Crippen LogP contribution in [0.25, 0.3) is 21.3 Å². The molecule has 34 heavy (non-hydrogen) atoms. The predicted molar refractivity (Wildman–Crippen MR) is 139 cm³/mol. The van der Waals surface area contributed by atoms with Crippen molar-refractivity contribution in [1.82, 2.24) is 9.97 Å². The number of hydrogen-bond acceptors (Lipinski definition) is 7. The van der Waals surface area contributed by atoms with Gasteiger partial charge in [-0.1, -0.05) is 19.1 Å². The highest BCUT2D eigenvalue weighted by Crippen LogP contribution is 2.40. The molecule has 174 valence electrons. The number of anilines is 4. The Hall–Kier alpha value is -3.69. The first-order chi connectivity index (χ1) is 16.6. The normalized spacial score (nSPS) is 13.7. The van der Waals surface area contributed by atoms with Gasteiger partial charge in [0.2, 0.25) is 0 Å². The summed E-state index contributed by atoms with van der Waals surface area (Å²) in [5.41, 5.74) is 10.8. The minimum absolute atomic E-state index is 0.292. The molecule has 4 aromatic rings. The number of rotatable bonds is 5. The van der Waals surface area contributed by atoms with Crippen LogP contribution in [0.15, 0.2) is 54.9 Å². The average Bonchev–Trinajstić information content (AvgIpc) is 3.25. The largest absolute Gasteiger partial charge is 0.383 e. The molecule has 9 heteroatoms. The van der Waals surface area contributed by atoms with Crippen molar-refractivity contribution < 1.29 is 9.53 Å². The quantitative estimate of drug-likeness (QED) is 0.377. The zero-order valence-electron chi connectivity index (χ0n) is 18.9. The molecule has 0 bridgehead atoms. The molecule has 1 saturated heterocycles. The summed E-state index contributed by atoms with van der Waals surface area (Å²) in [6.45, 7) is 5.36. The maximum Gasteiger partial charge on any atom is 0.323 e. The van der Waals surface area contributed by atoms with Crippen molar-refractivity contribution in [2.75, 3.05) is 47.6 Å². The van der Waals surface area contributed by atoms with Gasteiger partial charge in [0.25, 0.3) is 0 Å². The van der Waals surface area contributed by atoms with Crippen LogP contribution in [0, 0.1) is 0 Å². The number of fused-ring (bicyclic) bond motifs is 1. The summed E-state index contributed by atoms with van der Waals surface area (Å²) < 4.78 is 5.40. The van der Waals surface area contributed by atoms with Crippen molar-refractivity contribution in [2.24, 2.45) is 0 Å². The van der Waals surface area contributed by atoms with Crippen molar-refractivity contribution in [1.29, 1.82) is 0 Å². The van der Waals surface area contributed by atoms with Crippen molar-refractivity contribution in [3.05, 3.63) is 59.7 Å². The predicted octanol–water partition coefficient (Wildman–Crippen LogP) is 4.98. The van der Waals surface area contributed by atoms with Crippen molar-refractivity contribution >= 4 is 50.5 Å². The molecule has 1 fully saturated rings. The molecule has 0 aliphatic carbocycles. The number of carbonyl (C=O) groups is 1. The zero-order chi connectivity index (χ0) is 23.5. The Bertz CT molecular complexity index is 1300. The molecule has 1 aliphatic heterocycles. The number of aromatic nitrogens is 2. The number of benzene rings is 2. The smallest absolute Gasteiger partial charge is 0.323 e. The fourth-order valence-electron chi connectivity index (χ4n) is 4.15. The minimum atomic E-state index is -0.292. The van der Waals surface area contributed by atoms with Crippen LogP contribution in [0.3, 0.4) is 0 Å². The van der Waals surface area contributed by atoms with Gasteiger partial charge >= 0.3 is 6.03 Å². The Labute approximate surface area is 201 Å². The lowest BCUT2D eigenvalue weighted by Gasteiger charge is -2.28. The second kappa shape index (κ2) is 9.66. The van der Waals surface area contributed by atoms with E-state index in [1.165, 1.54) is 11.2 Å². The molecule has 0 radical (unpaired) electrons. The van der Waals surface area contributed by atoms with Crippen molar-refractivity contribution in [3.63, 3.8) is 0 Å². The van der Waals surface area contributed by atoms with E-state index in [1.807, 2.05) is 48.5 Å². The van der Waals surface area contributed by atoms with E-state index >= 15 is 0 Å². The molecule has 2 aromatic carbocycles. The SMILES string of the molecule is CCc1sc2ncnc(N)c2c1-c1ccc(NC(=O)Nc2ccc(N3CCOCC3)cc2)cc1. The van der Waals surface area contributed by atoms with Crippen molar-refractivity contribution in [2.45, 2.75) is 13.3 Å². The molecule has 0 atom stereocenters. The highest BCUT2D eigenvalue weighted by molar-refractivity contribution is 7.19. The van der Waals surface area contributed by atoms with E-state index in [1.54, 1.807) is 11.3 Å². The second-order valence-electron chi connectivity index (χ2n) is 8.00. The van der Waals surface area contributed by atoms with E-state index in [9.17, 15) is 4.79 Å². The number of nitrogens with one attached hydrogen (secondary N) is 2. The fraction of sp³-hybridized carbons (Fsp3) is 0.240. The van der Waals surface area contributed by atoms with Crippen LogP contribution in [0.2, 0.25) is 0 Å². The van der Waals surface area contributed by atoms with Crippen LogP contribution in [0.4, 0.5) is 27.7 Å². The molecule has 0 spiro atoms. The van der Waals surface area contributed by atoms with Gasteiger partial charge in [-0.25, -0.2) is 14.8 Å². The Kier molecular flexibility index (Phi) is 6.29. The fourth-order valence-corrected chi connectivity index (χ4v) is 5.26.